The number of carbonyl (C=O) groups is 1. The van der Waals surface area contributed by atoms with E-state index in [1.165, 1.54) is 4.31 Å². The maximum Gasteiger partial charge on any atom is 0.243 e. The molecule has 2 aliphatic heterocycles. The van der Waals surface area contributed by atoms with Gasteiger partial charge in [-0.3, -0.25) is 9.69 Å². The van der Waals surface area contributed by atoms with Crippen molar-refractivity contribution in [3.8, 4) is 0 Å². The van der Waals surface area contributed by atoms with Gasteiger partial charge in [0, 0.05) is 38.8 Å². The highest BCUT2D eigenvalue weighted by atomic mass is 32.2. The minimum absolute atomic E-state index is 0.0931. The van der Waals surface area contributed by atoms with Crippen LogP contribution in [0, 0.1) is 5.92 Å². The molecule has 0 aliphatic carbocycles. The number of piperazine rings is 1. The van der Waals surface area contributed by atoms with E-state index in [4.69, 9.17) is 0 Å². The molecule has 8 heteroatoms. The highest BCUT2D eigenvalue weighted by Gasteiger charge is 2.34. The number of carbonyl (C=O) groups excluding carboxylic acids is 1. The SMILES string of the molecule is CCN1CCCC1CN(CC(=O)N1CCNCC1)S(=O)(=O)c1ccc(CC(C)C)cc1. The molecular weight excluding hydrogens is 412 g/mol. The van der Waals surface area contributed by atoms with E-state index in [2.05, 4.69) is 31.0 Å². The number of nitrogens with zero attached hydrogens (tertiary/aromatic N) is 3. The third-order valence-electron chi connectivity index (χ3n) is 6.31. The molecule has 0 saturated carbocycles. The molecule has 1 aromatic rings. The molecule has 3 rings (SSSR count). The van der Waals surface area contributed by atoms with E-state index in [1.807, 2.05) is 12.1 Å². The number of amides is 1. The summed E-state index contributed by atoms with van der Waals surface area (Å²) in [5.74, 6) is 0.403. The summed E-state index contributed by atoms with van der Waals surface area (Å²) in [6.45, 7) is 11.3. The first-order valence-electron chi connectivity index (χ1n) is 11.6. The fraction of sp³-hybridized carbons (Fsp3) is 0.696. The van der Waals surface area contributed by atoms with Gasteiger partial charge in [-0.05, 0) is 56.0 Å². The van der Waals surface area contributed by atoms with Crippen LogP contribution in [-0.4, -0.2) is 86.8 Å². The summed E-state index contributed by atoms with van der Waals surface area (Å²) >= 11 is 0. The molecule has 0 bridgehead atoms. The lowest BCUT2D eigenvalue weighted by Gasteiger charge is -2.32. The fourth-order valence-corrected chi connectivity index (χ4v) is 6.01. The lowest BCUT2D eigenvalue weighted by Crippen LogP contribution is -2.52. The van der Waals surface area contributed by atoms with Crippen LogP contribution in [0.5, 0.6) is 0 Å². The molecule has 2 fully saturated rings. The highest BCUT2D eigenvalue weighted by Crippen LogP contribution is 2.23. The Labute approximate surface area is 187 Å². The van der Waals surface area contributed by atoms with Gasteiger partial charge in [-0.25, -0.2) is 8.42 Å². The Morgan fingerprint density at radius 2 is 1.84 bits per heavy atom. The van der Waals surface area contributed by atoms with Gasteiger partial charge in [0.25, 0.3) is 0 Å². The molecule has 0 radical (unpaired) electrons. The van der Waals surface area contributed by atoms with E-state index in [9.17, 15) is 13.2 Å². The van der Waals surface area contributed by atoms with Crippen LogP contribution in [0.4, 0.5) is 0 Å². The Hall–Kier alpha value is -1.48. The maximum atomic E-state index is 13.6. The molecule has 7 nitrogen and oxygen atoms in total. The van der Waals surface area contributed by atoms with Crippen LogP contribution in [0.3, 0.4) is 0 Å². The van der Waals surface area contributed by atoms with Gasteiger partial charge in [0.15, 0.2) is 0 Å². The Kier molecular flexibility index (Phi) is 8.50. The zero-order chi connectivity index (χ0) is 22.4. The lowest BCUT2D eigenvalue weighted by molar-refractivity contribution is -0.132. The van der Waals surface area contributed by atoms with Crippen molar-refractivity contribution in [2.45, 2.75) is 51.0 Å². The van der Waals surface area contributed by atoms with E-state index in [-0.39, 0.29) is 23.4 Å². The highest BCUT2D eigenvalue weighted by molar-refractivity contribution is 7.89. The van der Waals surface area contributed by atoms with Crippen LogP contribution in [0.15, 0.2) is 29.2 Å². The zero-order valence-electron chi connectivity index (χ0n) is 19.2. The normalized spacial score (nSPS) is 20.7. The molecule has 31 heavy (non-hydrogen) atoms. The van der Waals surface area contributed by atoms with Crippen LogP contribution in [-0.2, 0) is 21.2 Å². The number of hydrogen-bond donors (Lipinski definition) is 1. The van der Waals surface area contributed by atoms with Crippen molar-refractivity contribution in [2.75, 3.05) is 52.4 Å². The topological polar surface area (TPSA) is 73.0 Å². The number of rotatable bonds is 9. The van der Waals surface area contributed by atoms with Gasteiger partial charge in [0.05, 0.1) is 11.4 Å². The summed E-state index contributed by atoms with van der Waals surface area (Å²) in [7, 11) is -3.76. The summed E-state index contributed by atoms with van der Waals surface area (Å²) in [4.78, 5) is 17.3. The number of hydrogen-bond acceptors (Lipinski definition) is 5. The minimum Gasteiger partial charge on any atom is -0.339 e. The number of likely N-dealkylation sites (N-methyl/N-ethyl adjacent to an activating group) is 1. The monoisotopic (exact) mass is 450 g/mol. The summed E-state index contributed by atoms with van der Waals surface area (Å²) in [6, 6.07) is 7.35. The van der Waals surface area contributed by atoms with E-state index in [0.29, 0.717) is 25.6 Å². The Balaban J connectivity index is 1.81. The van der Waals surface area contributed by atoms with E-state index in [1.54, 1.807) is 17.0 Å². The van der Waals surface area contributed by atoms with Crippen molar-refractivity contribution in [1.29, 1.82) is 0 Å². The predicted octanol–water partition coefficient (Wildman–Crippen LogP) is 1.79. The zero-order valence-corrected chi connectivity index (χ0v) is 20.0. The second-order valence-corrected chi connectivity index (χ2v) is 11.0. The van der Waals surface area contributed by atoms with Gasteiger partial charge in [-0.2, -0.15) is 4.31 Å². The molecule has 2 aliphatic rings. The molecular formula is C23H38N4O3S. The molecule has 2 saturated heterocycles. The molecule has 1 aromatic carbocycles. The molecule has 1 unspecified atom stereocenters. The summed E-state index contributed by atoms with van der Waals surface area (Å²) < 4.78 is 28.6. The average molecular weight is 451 g/mol. The van der Waals surface area contributed by atoms with Crippen molar-refractivity contribution in [3.05, 3.63) is 29.8 Å². The minimum atomic E-state index is -3.76. The van der Waals surface area contributed by atoms with Crippen LogP contribution in [0.25, 0.3) is 0 Å². The average Bonchev–Trinajstić information content (AvgIpc) is 3.21. The van der Waals surface area contributed by atoms with Crippen LogP contribution < -0.4 is 5.32 Å². The van der Waals surface area contributed by atoms with Crippen LogP contribution >= 0.6 is 0 Å². The van der Waals surface area contributed by atoms with Gasteiger partial charge in [0.2, 0.25) is 15.9 Å². The van der Waals surface area contributed by atoms with Crippen molar-refractivity contribution < 1.29 is 13.2 Å². The largest absolute Gasteiger partial charge is 0.339 e. The van der Waals surface area contributed by atoms with Crippen LogP contribution in [0.2, 0.25) is 0 Å². The van der Waals surface area contributed by atoms with Crippen molar-refractivity contribution in [3.63, 3.8) is 0 Å². The second-order valence-electron chi connectivity index (χ2n) is 9.09. The van der Waals surface area contributed by atoms with E-state index >= 15 is 0 Å². The van der Waals surface area contributed by atoms with Gasteiger partial charge < -0.3 is 10.2 Å². The Bertz CT molecular complexity index is 820. The standard InChI is InChI=1S/C23H38N4O3S/c1-4-25-13-5-6-21(25)17-27(18-23(28)26-14-11-24-12-15-26)31(29,30)22-9-7-20(8-10-22)16-19(2)3/h7-10,19,21,24H,4-6,11-18H2,1-3H3. The Morgan fingerprint density at radius 1 is 1.16 bits per heavy atom. The molecule has 2 heterocycles. The van der Waals surface area contributed by atoms with Crippen LogP contribution in [0.1, 0.15) is 39.2 Å². The molecule has 0 aromatic heterocycles. The lowest BCUT2D eigenvalue weighted by atomic mass is 10.0. The van der Waals surface area contributed by atoms with Gasteiger partial charge in [-0.1, -0.05) is 32.9 Å². The molecule has 1 atom stereocenters. The number of sulfonamides is 1. The molecule has 174 valence electrons. The number of benzene rings is 1. The third-order valence-corrected chi connectivity index (χ3v) is 8.13. The molecule has 0 spiro atoms. The summed E-state index contributed by atoms with van der Waals surface area (Å²) in [6.07, 6.45) is 2.95. The first-order valence-corrected chi connectivity index (χ1v) is 13.1. The maximum absolute atomic E-state index is 13.6. The summed E-state index contributed by atoms with van der Waals surface area (Å²) in [5, 5.41) is 3.24. The Morgan fingerprint density at radius 3 is 2.45 bits per heavy atom. The first kappa shape index (κ1) is 24.2. The van der Waals surface area contributed by atoms with Crippen molar-refractivity contribution in [1.82, 2.24) is 19.4 Å². The van der Waals surface area contributed by atoms with E-state index < -0.39 is 10.0 Å². The van der Waals surface area contributed by atoms with Crippen molar-refractivity contribution >= 4 is 15.9 Å². The fourth-order valence-electron chi connectivity index (χ4n) is 4.58. The number of likely N-dealkylation sites (tertiary alicyclic amines) is 1. The van der Waals surface area contributed by atoms with Gasteiger partial charge in [-0.15, -0.1) is 0 Å². The van der Waals surface area contributed by atoms with Gasteiger partial charge in [0.1, 0.15) is 0 Å². The second kappa shape index (κ2) is 10.9. The molecule has 1 amide bonds. The predicted molar refractivity (Wildman–Crippen MR) is 123 cm³/mol. The van der Waals surface area contributed by atoms with E-state index in [0.717, 1.165) is 51.0 Å². The number of nitrogens with one attached hydrogen (secondary N) is 1. The molecule has 1 N–H and O–H groups in total. The third kappa shape index (κ3) is 6.28. The first-order chi connectivity index (χ1) is 14.8. The van der Waals surface area contributed by atoms with Crippen molar-refractivity contribution in [2.24, 2.45) is 5.92 Å². The quantitative estimate of drug-likeness (QED) is 0.621. The smallest absolute Gasteiger partial charge is 0.243 e. The van der Waals surface area contributed by atoms with Gasteiger partial charge >= 0.3 is 0 Å². The summed E-state index contributed by atoms with van der Waals surface area (Å²) in [5.41, 5.74) is 1.13.